The number of rotatable bonds is 7. The second kappa shape index (κ2) is 15.2. The van der Waals surface area contributed by atoms with E-state index in [4.69, 9.17) is 19.9 Å². The van der Waals surface area contributed by atoms with Crippen molar-refractivity contribution in [3.05, 3.63) is 224 Å². The molecule has 0 saturated carbocycles. The van der Waals surface area contributed by atoms with Gasteiger partial charge in [-0.2, -0.15) is 0 Å². The Morgan fingerprint density at radius 1 is 0.254 bits per heavy atom. The first-order chi connectivity index (χ1) is 31.2. The van der Waals surface area contributed by atoms with E-state index in [1.165, 1.54) is 16.3 Å². The molecule has 0 unspecified atom stereocenters. The Hall–Kier alpha value is -8.54. The molecule has 5 nitrogen and oxygen atoms in total. The van der Waals surface area contributed by atoms with Crippen LogP contribution in [0.2, 0.25) is 0 Å². The molecular formula is C58H37N5. The van der Waals surface area contributed by atoms with Crippen LogP contribution in [0.1, 0.15) is 0 Å². The molecule has 5 heteroatoms. The average Bonchev–Trinajstić information content (AvgIpc) is 3.69. The van der Waals surface area contributed by atoms with E-state index in [1.807, 2.05) is 36.4 Å². The molecule has 63 heavy (non-hydrogen) atoms. The molecule has 0 aliphatic carbocycles. The van der Waals surface area contributed by atoms with Crippen molar-refractivity contribution in [1.82, 2.24) is 24.5 Å². The molecule has 0 amide bonds. The zero-order valence-electron chi connectivity index (χ0n) is 34.1. The van der Waals surface area contributed by atoms with Gasteiger partial charge in [0.05, 0.1) is 22.2 Å². The van der Waals surface area contributed by atoms with Gasteiger partial charge >= 0.3 is 0 Å². The molecule has 294 valence electrons. The molecule has 0 bridgehead atoms. The van der Waals surface area contributed by atoms with Gasteiger partial charge in [0.1, 0.15) is 0 Å². The lowest BCUT2D eigenvalue weighted by atomic mass is 9.98. The maximum atomic E-state index is 5.36. The largest absolute Gasteiger partial charge is 0.309 e. The van der Waals surface area contributed by atoms with Gasteiger partial charge in [0.25, 0.3) is 0 Å². The van der Waals surface area contributed by atoms with Crippen molar-refractivity contribution in [3.8, 4) is 73.4 Å². The summed E-state index contributed by atoms with van der Waals surface area (Å²) in [6, 6.07) is 78.7. The molecule has 0 atom stereocenters. The minimum Gasteiger partial charge on any atom is -0.309 e. The molecule has 0 fully saturated rings. The number of para-hydroxylation sites is 1. The zero-order valence-corrected chi connectivity index (χ0v) is 34.1. The van der Waals surface area contributed by atoms with Crippen LogP contribution in [0, 0.1) is 0 Å². The maximum Gasteiger partial charge on any atom is 0.164 e. The maximum absolute atomic E-state index is 5.36. The van der Waals surface area contributed by atoms with Gasteiger partial charge in [-0.05, 0) is 64.0 Å². The SMILES string of the molecule is c1ccc(-c2ccc(-c3nc(-c4ccccc4)nc(-c4cccc(-c5ccc6c7cc8nc(-c9ccccc9)c9ccccc9c8cc7n(-c7ccccc7)c6c5)c4)n3)cc2)cc1. The number of pyridine rings is 1. The van der Waals surface area contributed by atoms with E-state index in [1.54, 1.807) is 0 Å². The van der Waals surface area contributed by atoms with Gasteiger partial charge in [-0.1, -0.05) is 188 Å². The second-order valence-corrected chi connectivity index (χ2v) is 15.9. The zero-order chi connectivity index (χ0) is 41.7. The molecule has 3 heterocycles. The van der Waals surface area contributed by atoms with Gasteiger partial charge in [0.2, 0.25) is 0 Å². The topological polar surface area (TPSA) is 56.5 Å². The molecule has 12 rings (SSSR count). The minimum atomic E-state index is 0.619. The van der Waals surface area contributed by atoms with Gasteiger partial charge in [0, 0.05) is 49.5 Å². The smallest absolute Gasteiger partial charge is 0.164 e. The predicted octanol–water partition coefficient (Wildman–Crippen LogP) is 14.7. The van der Waals surface area contributed by atoms with E-state index in [2.05, 4.69) is 193 Å². The molecule has 0 aliphatic rings. The third-order valence-corrected chi connectivity index (χ3v) is 12.0. The Morgan fingerprint density at radius 3 is 1.43 bits per heavy atom. The molecule has 0 N–H and O–H groups in total. The van der Waals surface area contributed by atoms with Gasteiger partial charge in [-0.15, -0.1) is 0 Å². The molecule has 0 saturated heterocycles. The van der Waals surface area contributed by atoms with Crippen molar-refractivity contribution in [1.29, 1.82) is 0 Å². The minimum absolute atomic E-state index is 0.619. The number of hydrogen-bond donors (Lipinski definition) is 0. The van der Waals surface area contributed by atoms with Gasteiger partial charge in [-0.3, -0.25) is 0 Å². The fourth-order valence-corrected chi connectivity index (χ4v) is 8.95. The molecule has 12 aromatic rings. The summed E-state index contributed by atoms with van der Waals surface area (Å²) < 4.78 is 2.39. The average molecular weight is 804 g/mol. The normalized spacial score (nSPS) is 11.5. The lowest BCUT2D eigenvalue weighted by Gasteiger charge is -2.12. The first kappa shape index (κ1) is 36.3. The van der Waals surface area contributed by atoms with Gasteiger partial charge in [-0.25, -0.2) is 19.9 Å². The van der Waals surface area contributed by atoms with E-state index in [0.29, 0.717) is 17.5 Å². The van der Waals surface area contributed by atoms with Crippen LogP contribution in [0.4, 0.5) is 0 Å². The lowest BCUT2D eigenvalue weighted by molar-refractivity contribution is 1.07. The van der Waals surface area contributed by atoms with Gasteiger partial charge in [0.15, 0.2) is 17.5 Å². The molecular weight excluding hydrogens is 767 g/mol. The summed E-state index contributed by atoms with van der Waals surface area (Å²) in [6.45, 7) is 0. The predicted molar refractivity (Wildman–Crippen MR) is 260 cm³/mol. The van der Waals surface area contributed by atoms with Crippen molar-refractivity contribution in [2.75, 3.05) is 0 Å². The van der Waals surface area contributed by atoms with E-state index in [0.717, 1.165) is 83.0 Å². The van der Waals surface area contributed by atoms with Crippen LogP contribution in [0.5, 0.6) is 0 Å². The first-order valence-electron chi connectivity index (χ1n) is 21.2. The van der Waals surface area contributed by atoms with Crippen LogP contribution >= 0.6 is 0 Å². The van der Waals surface area contributed by atoms with E-state index in [-0.39, 0.29) is 0 Å². The summed E-state index contributed by atoms with van der Waals surface area (Å²) in [6.07, 6.45) is 0. The highest BCUT2D eigenvalue weighted by Gasteiger charge is 2.19. The molecule has 0 radical (unpaired) electrons. The third-order valence-electron chi connectivity index (χ3n) is 12.0. The van der Waals surface area contributed by atoms with Crippen molar-refractivity contribution < 1.29 is 0 Å². The van der Waals surface area contributed by atoms with Crippen LogP contribution in [-0.2, 0) is 0 Å². The molecule has 3 aromatic heterocycles. The summed E-state index contributed by atoms with van der Waals surface area (Å²) in [5.41, 5.74) is 13.7. The number of fused-ring (bicyclic) bond motifs is 6. The summed E-state index contributed by atoms with van der Waals surface area (Å²) in [5, 5.41) is 5.78. The monoisotopic (exact) mass is 803 g/mol. The Balaban J connectivity index is 1.01. The van der Waals surface area contributed by atoms with Crippen LogP contribution in [0.25, 0.3) is 117 Å². The van der Waals surface area contributed by atoms with E-state index >= 15 is 0 Å². The highest BCUT2D eigenvalue weighted by Crippen LogP contribution is 2.40. The Kier molecular flexibility index (Phi) is 8.75. The standard InChI is InChI=1S/C58H37N5/c1-5-16-38(17-6-1)39-28-30-42(31-29-39)57-60-56(41-20-9-3-10-21-41)61-58(62-57)45-23-15-22-43(34-45)44-32-33-48-51-36-52-50(37-54(51)63(53(48)35-44)46-24-11-4-12-25-46)47-26-13-14-27-49(47)55(59-52)40-18-7-2-8-19-40/h1-37H. The Bertz CT molecular complexity index is 3640. The fourth-order valence-electron chi connectivity index (χ4n) is 8.95. The van der Waals surface area contributed by atoms with Crippen LogP contribution in [0.15, 0.2) is 224 Å². The van der Waals surface area contributed by atoms with Crippen molar-refractivity contribution in [2.24, 2.45) is 0 Å². The van der Waals surface area contributed by atoms with E-state index < -0.39 is 0 Å². The number of benzene rings is 9. The highest BCUT2D eigenvalue weighted by molar-refractivity contribution is 6.19. The summed E-state index contributed by atoms with van der Waals surface area (Å²) in [4.78, 5) is 20.5. The summed E-state index contributed by atoms with van der Waals surface area (Å²) in [5.74, 6) is 1.88. The van der Waals surface area contributed by atoms with Crippen molar-refractivity contribution in [3.63, 3.8) is 0 Å². The fraction of sp³-hybridized carbons (Fsp3) is 0. The number of nitrogens with zero attached hydrogens (tertiary/aromatic N) is 5. The first-order valence-corrected chi connectivity index (χ1v) is 21.2. The second-order valence-electron chi connectivity index (χ2n) is 15.9. The highest BCUT2D eigenvalue weighted by atomic mass is 15.0. The van der Waals surface area contributed by atoms with Crippen LogP contribution in [0.3, 0.4) is 0 Å². The number of hydrogen-bond acceptors (Lipinski definition) is 4. The van der Waals surface area contributed by atoms with Crippen LogP contribution < -0.4 is 0 Å². The van der Waals surface area contributed by atoms with Crippen molar-refractivity contribution >= 4 is 43.5 Å². The quantitative estimate of drug-likeness (QED) is 0.151. The van der Waals surface area contributed by atoms with Crippen molar-refractivity contribution in [2.45, 2.75) is 0 Å². The third kappa shape index (κ3) is 6.51. The summed E-state index contributed by atoms with van der Waals surface area (Å²) >= 11 is 0. The number of aromatic nitrogens is 5. The van der Waals surface area contributed by atoms with Crippen LogP contribution in [-0.4, -0.2) is 24.5 Å². The lowest BCUT2D eigenvalue weighted by Crippen LogP contribution is -2.00. The summed E-state index contributed by atoms with van der Waals surface area (Å²) in [7, 11) is 0. The van der Waals surface area contributed by atoms with E-state index in [9.17, 15) is 0 Å². The Morgan fingerprint density at radius 2 is 0.730 bits per heavy atom. The molecule has 0 spiro atoms. The molecule has 0 aliphatic heterocycles. The molecule has 9 aromatic carbocycles. The Labute approximate surface area is 364 Å². The van der Waals surface area contributed by atoms with Gasteiger partial charge < -0.3 is 4.57 Å².